The van der Waals surface area contributed by atoms with Crippen molar-refractivity contribution in [2.75, 3.05) is 13.2 Å². The largest absolute Gasteiger partial charge is 0.474 e. The molecule has 0 saturated heterocycles. The molecule has 0 aromatic heterocycles. The van der Waals surface area contributed by atoms with Crippen molar-refractivity contribution in [1.29, 1.82) is 0 Å². The zero-order chi connectivity index (χ0) is 17.5. The van der Waals surface area contributed by atoms with Crippen molar-refractivity contribution in [3.8, 4) is 0 Å². The van der Waals surface area contributed by atoms with Crippen molar-refractivity contribution in [1.82, 2.24) is 0 Å². The first-order valence-corrected chi connectivity index (χ1v) is 6.64. The standard InChI is InChI=1S/C14H14O4.C4H6O/c1-3-9-17-13(15)11-7-5-6-8-12(11)14(16)18-10-4-2;1-3-5-4-2/h3-8H,1-2,9-10H2;3-4H,1-2H2. The van der Waals surface area contributed by atoms with E-state index in [0.29, 0.717) is 0 Å². The van der Waals surface area contributed by atoms with Gasteiger partial charge in [0.2, 0.25) is 0 Å². The Morgan fingerprint density at radius 1 is 0.826 bits per heavy atom. The van der Waals surface area contributed by atoms with Crippen molar-refractivity contribution in [2.24, 2.45) is 0 Å². The maximum atomic E-state index is 11.7. The van der Waals surface area contributed by atoms with Gasteiger partial charge in [-0.3, -0.25) is 0 Å². The van der Waals surface area contributed by atoms with E-state index in [4.69, 9.17) is 9.47 Å². The molecule has 0 spiro atoms. The van der Waals surface area contributed by atoms with Crippen LogP contribution in [0.3, 0.4) is 0 Å². The molecule has 5 heteroatoms. The number of hydrogen-bond acceptors (Lipinski definition) is 5. The van der Waals surface area contributed by atoms with Crippen LogP contribution in [0.1, 0.15) is 20.7 Å². The minimum Gasteiger partial charge on any atom is -0.474 e. The number of esters is 2. The van der Waals surface area contributed by atoms with E-state index in [-0.39, 0.29) is 24.3 Å². The van der Waals surface area contributed by atoms with Gasteiger partial charge in [-0.25, -0.2) is 9.59 Å². The maximum Gasteiger partial charge on any atom is 0.339 e. The molecule has 0 fully saturated rings. The zero-order valence-electron chi connectivity index (χ0n) is 12.9. The van der Waals surface area contributed by atoms with E-state index in [1.165, 1.54) is 36.8 Å². The third kappa shape index (κ3) is 8.06. The quantitative estimate of drug-likeness (QED) is 0.416. The van der Waals surface area contributed by atoms with Crippen LogP contribution in [0, 0.1) is 0 Å². The molecule has 0 unspecified atom stereocenters. The molecule has 0 N–H and O–H groups in total. The first-order valence-electron chi connectivity index (χ1n) is 6.64. The second-order valence-electron chi connectivity index (χ2n) is 3.79. The Morgan fingerprint density at radius 2 is 1.22 bits per heavy atom. The van der Waals surface area contributed by atoms with Crippen LogP contribution in [0.4, 0.5) is 0 Å². The SMILES string of the molecule is C=CCOC(=O)c1ccccc1C(=O)OCC=C.C=COC=C. The Balaban J connectivity index is 0.000000841. The number of ether oxygens (including phenoxy) is 3. The molecule has 1 aromatic rings. The van der Waals surface area contributed by atoms with Crippen LogP contribution in [-0.4, -0.2) is 25.2 Å². The van der Waals surface area contributed by atoms with Crippen molar-refractivity contribution in [2.45, 2.75) is 0 Å². The summed E-state index contributed by atoms with van der Waals surface area (Å²) < 4.78 is 14.1. The second kappa shape index (κ2) is 12.6. The van der Waals surface area contributed by atoms with Crippen LogP contribution in [0.15, 0.2) is 75.3 Å². The average molecular weight is 316 g/mol. The molecule has 0 saturated carbocycles. The molecule has 1 aromatic carbocycles. The van der Waals surface area contributed by atoms with Gasteiger partial charge in [0.25, 0.3) is 0 Å². The van der Waals surface area contributed by atoms with Gasteiger partial charge in [-0.05, 0) is 12.1 Å². The molecular weight excluding hydrogens is 296 g/mol. The fourth-order valence-electron chi connectivity index (χ4n) is 1.33. The molecule has 0 aliphatic carbocycles. The lowest BCUT2D eigenvalue weighted by Gasteiger charge is -2.07. The van der Waals surface area contributed by atoms with Gasteiger partial charge in [0.1, 0.15) is 13.2 Å². The molecule has 0 amide bonds. The summed E-state index contributed by atoms with van der Waals surface area (Å²) in [5, 5.41) is 0. The van der Waals surface area contributed by atoms with Gasteiger partial charge in [0, 0.05) is 0 Å². The Bertz CT molecular complexity index is 511. The summed E-state index contributed by atoms with van der Waals surface area (Å²) in [6, 6.07) is 6.31. The van der Waals surface area contributed by atoms with E-state index in [1.54, 1.807) is 12.1 Å². The van der Waals surface area contributed by atoms with Crippen LogP contribution in [0.25, 0.3) is 0 Å². The highest BCUT2D eigenvalue weighted by atomic mass is 16.5. The van der Waals surface area contributed by atoms with Crippen LogP contribution >= 0.6 is 0 Å². The van der Waals surface area contributed by atoms with Gasteiger partial charge in [-0.15, -0.1) is 0 Å². The molecule has 0 radical (unpaired) electrons. The smallest absolute Gasteiger partial charge is 0.339 e. The highest BCUT2D eigenvalue weighted by molar-refractivity contribution is 6.03. The lowest BCUT2D eigenvalue weighted by Crippen LogP contribution is -2.14. The fraction of sp³-hybridized carbons (Fsp3) is 0.111. The van der Waals surface area contributed by atoms with Crippen LogP contribution in [0.5, 0.6) is 0 Å². The second-order valence-corrected chi connectivity index (χ2v) is 3.79. The zero-order valence-corrected chi connectivity index (χ0v) is 12.9. The first-order chi connectivity index (χ1) is 11.1. The molecule has 122 valence electrons. The molecule has 0 heterocycles. The third-order valence-corrected chi connectivity index (χ3v) is 2.22. The summed E-state index contributed by atoms with van der Waals surface area (Å²) in [5.41, 5.74) is 0.349. The van der Waals surface area contributed by atoms with Gasteiger partial charge in [-0.2, -0.15) is 0 Å². The molecule has 0 aliphatic heterocycles. The predicted molar refractivity (Wildman–Crippen MR) is 88.9 cm³/mol. The van der Waals surface area contributed by atoms with E-state index in [2.05, 4.69) is 31.1 Å². The number of benzene rings is 1. The van der Waals surface area contributed by atoms with Crippen molar-refractivity contribution in [3.05, 3.63) is 86.4 Å². The van der Waals surface area contributed by atoms with Gasteiger partial charge < -0.3 is 14.2 Å². The van der Waals surface area contributed by atoms with E-state index in [0.717, 1.165) is 0 Å². The molecule has 0 bridgehead atoms. The Morgan fingerprint density at radius 3 is 1.48 bits per heavy atom. The lowest BCUT2D eigenvalue weighted by atomic mass is 10.1. The molecule has 1 rings (SSSR count). The minimum atomic E-state index is -0.582. The first kappa shape index (κ1) is 19.9. The summed E-state index contributed by atoms with van der Waals surface area (Å²) in [4.78, 5) is 23.4. The highest BCUT2D eigenvalue weighted by Crippen LogP contribution is 2.12. The van der Waals surface area contributed by atoms with Gasteiger partial charge in [-0.1, -0.05) is 50.6 Å². The summed E-state index contributed by atoms with van der Waals surface area (Å²) in [7, 11) is 0. The Hall–Kier alpha value is -3.08. The minimum absolute atomic E-state index is 0.0921. The summed E-state index contributed by atoms with van der Waals surface area (Å²) in [6.07, 6.45) is 5.53. The molecule has 23 heavy (non-hydrogen) atoms. The van der Waals surface area contributed by atoms with Crippen LogP contribution < -0.4 is 0 Å². The summed E-state index contributed by atoms with van der Waals surface area (Å²) in [6.45, 7) is 13.6. The average Bonchev–Trinajstić information content (AvgIpc) is 2.58. The maximum absolute atomic E-state index is 11.7. The van der Waals surface area contributed by atoms with Crippen molar-refractivity contribution >= 4 is 11.9 Å². The normalized spacial score (nSPS) is 8.52. The number of hydrogen-bond donors (Lipinski definition) is 0. The number of carbonyl (C=O) groups is 2. The molecular formula is C18H20O5. The van der Waals surface area contributed by atoms with Crippen LogP contribution in [0.2, 0.25) is 0 Å². The monoisotopic (exact) mass is 316 g/mol. The van der Waals surface area contributed by atoms with Gasteiger partial charge in [0.15, 0.2) is 0 Å². The van der Waals surface area contributed by atoms with E-state index in [9.17, 15) is 9.59 Å². The third-order valence-electron chi connectivity index (χ3n) is 2.22. The fourth-order valence-corrected chi connectivity index (χ4v) is 1.33. The highest BCUT2D eigenvalue weighted by Gasteiger charge is 2.18. The lowest BCUT2D eigenvalue weighted by molar-refractivity contribution is 0.0503. The summed E-state index contributed by atoms with van der Waals surface area (Å²) in [5.74, 6) is -1.16. The van der Waals surface area contributed by atoms with Gasteiger partial charge >= 0.3 is 11.9 Å². The predicted octanol–water partition coefficient (Wildman–Crippen LogP) is 3.66. The topological polar surface area (TPSA) is 61.8 Å². The van der Waals surface area contributed by atoms with Crippen molar-refractivity contribution < 1.29 is 23.8 Å². The van der Waals surface area contributed by atoms with E-state index < -0.39 is 11.9 Å². The summed E-state index contributed by atoms with van der Waals surface area (Å²) >= 11 is 0. The van der Waals surface area contributed by atoms with Crippen LogP contribution in [-0.2, 0) is 14.2 Å². The number of carbonyl (C=O) groups excluding carboxylic acids is 2. The van der Waals surface area contributed by atoms with Gasteiger partial charge in [0.05, 0.1) is 23.7 Å². The van der Waals surface area contributed by atoms with Crippen molar-refractivity contribution in [3.63, 3.8) is 0 Å². The van der Waals surface area contributed by atoms with E-state index in [1.807, 2.05) is 0 Å². The Labute approximate surface area is 136 Å². The number of rotatable bonds is 8. The molecule has 0 atom stereocenters. The Kier molecular flexibility index (Phi) is 11.0. The van der Waals surface area contributed by atoms with E-state index >= 15 is 0 Å². The molecule has 0 aliphatic rings. The molecule has 5 nitrogen and oxygen atoms in total.